The predicted molar refractivity (Wildman–Crippen MR) is 66.6 cm³/mol. The van der Waals surface area contributed by atoms with Gasteiger partial charge in [0.15, 0.2) is 0 Å². The van der Waals surface area contributed by atoms with Gasteiger partial charge in [-0.1, -0.05) is 6.92 Å². The van der Waals surface area contributed by atoms with Crippen molar-refractivity contribution in [3.8, 4) is 0 Å². The van der Waals surface area contributed by atoms with Crippen LogP contribution in [0.5, 0.6) is 0 Å². The summed E-state index contributed by atoms with van der Waals surface area (Å²) in [5, 5.41) is 3.43. The van der Waals surface area contributed by atoms with Crippen LogP contribution in [0.15, 0.2) is 35.3 Å². The highest BCUT2D eigenvalue weighted by molar-refractivity contribution is 5.06. The van der Waals surface area contributed by atoms with Crippen LogP contribution in [0.2, 0.25) is 0 Å². The van der Waals surface area contributed by atoms with Crippen LogP contribution in [0.1, 0.15) is 25.4 Å². The van der Waals surface area contributed by atoms with Crippen LogP contribution in [0.4, 0.5) is 0 Å². The molecular formula is C13H19N3O. The molecule has 0 aromatic carbocycles. The average Bonchev–Trinajstić information content (AvgIpc) is 2.96. The first-order chi connectivity index (χ1) is 8.28. The second kappa shape index (κ2) is 5.68. The summed E-state index contributed by atoms with van der Waals surface area (Å²) in [6.45, 7) is 5.94. The Morgan fingerprint density at radius 2 is 2.24 bits per heavy atom. The van der Waals surface area contributed by atoms with Gasteiger partial charge < -0.3 is 14.3 Å². The molecule has 0 aliphatic rings. The third-order valence-corrected chi connectivity index (χ3v) is 2.73. The van der Waals surface area contributed by atoms with Gasteiger partial charge in [-0.15, -0.1) is 0 Å². The van der Waals surface area contributed by atoms with Crippen molar-refractivity contribution in [2.45, 2.75) is 39.4 Å². The van der Waals surface area contributed by atoms with Gasteiger partial charge in [0.2, 0.25) is 0 Å². The lowest BCUT2D eigenvalue weighted by Crippen LogP contribution is -2.29. The summed E-state index contributed by atoms with van der Waals surface area (Å²) >= 11 is 0. The van der Waals surface area contributed by atoms with Crippen LogP contribution in [0.3, 0.4) is 0 Å². The number of imidazole rings is 1. The Labute approximate surface area is 102 Å². The molecule has 2 aromatic heterocycles. The molecule has 0 aliphatic carbocycles. The van der Waals surface area contributed by atoms with Crippen molar-refractivity contribution < 1.29 is 4.42 Å². The van der Waals surface area contributed by atoms with Gasteiger partial charge in [0.05, 0.1) is 12.9 Å². The molecule has 0 spiro atoms. The molecule has 0 bridgehead atoms. The maximum absolute atomic E-state index is 5.64. The Hall–Kier alpha value is -1.55. The van der Waals surface area contributed by atoms with Gasteiger partial charge >= 0.3 is 0 Å². The molecule has 4 heteroatoms. The number of hydrogen-bond acceptors (Lipinski definition) is 3. The van der Waals surface area contributed by atoms with Crippen LogP contribution in [0, 0.1) is 0 Å². The number of aryl methyl sites for hydroxylation is 1. The molecule has 2 rings (SSSR count). The Morgan fingerprint density at radius 3 is 2.88 bits per heavy atom. The van der Waals surface area contributed by atoms with E-state index in [0.717, 1.165) is 31.0 Å². The molecule has 0 fully saturated rings. The van der Waals surface area contributed by atoms with E-state index in [1.54, 1.807) is 6.20 Å². The topological polar surface area (TPSA) is 43.0 Å². The summed E-state index contributed by atoms with van der Waals surface area (Å²) in [5.41, 5.74) is 0. The number of furan rings is 1. The zero-order valence-electron chi connectivity index (χ0n) is 10.4. The van der Waals surface area contributed by atoms with E-state index in [4.69, 9.17) is 4.42 Å². The minimum atomic E-state index is 0.388. The van der Waals surface area contributed by atoms with Crippen LogP contribution >= 0.6 is 0 Å². The van der Waals surface area contributed by atoms with Crippen molar-refractivity contribution in [3.63, 3.8) is 0 Å². The second-order valence-corrected chi connectivity index (χ2v) is 4.26. The van der Waals surface area contributed by atoms with Crippen molar-refractivity contribution in [1.82, 2.24) is 14.9 Å². The monoisotopic (exact) mass is 233 g/mol. The highest BCUT2D eigenvalue weighted by Crippen LogP contribution is 2.08. The van der Waals surface area contributed by atoms with E-state index in [0.29, 0.717) is 6.04 Å². The summed E-state index contributed by atoms with van der Waals surface area (Å²) in [6.07, 6.45) is 6.55. The molecule has 0 radical (unpaired) electrons. The van der Waals surface area contributed by atoms with E-state index in [9.17, 15) is 0 Å². The average molecular weight is 233 g/mol. The van der Waals surface area contributed by atoms with Crippen LogP contribution in [-0.4, -0.2) is 15.6 Å². The van der Waals surface area contributed by atoms with Crippen molar-refractivity contribution in [2.24, 2.45) is 0 Å². The molecule has 1 unspecified atom stereocenters. The Bertz CT molecular complexity index is 433. The molecule has 2 aromatic rings. The zero-order chi connectivity index (χ0) is 12.1. The van der Waals surface area contributed by atoms with E-state index in [1.165, 1.54) is 0 Å². The molecule has 0 saturated carbocycles. The predicted octanol–water partition coefficient (Wildman–Crippen LogP) is 2.22. The Balaban J connectivity index is 1.77. The van der Waals surface area contributed by atoms with Crippen molar-refractivity contribution in [2.75, 3.05) is 0 Å². The molecule has 4 nitrogen and oxygen atoms in total. The Kier molecular flexibility index (Phi) is 3.98. The molecule has 1 N–H and O–H groups in total. The van der Waals surface area contributed by atoms with Gasteiger partial charge in [-0.05, 0) is 19.1 Å². The largest absolute Gasteiger partial charge is 0.465 e. The van der Waals surface area contributed by atoms with Crippen molar-refractivity contribution in [1.29, 1.82) is 0 Å². The standard InChI is InChI=1S/C13H19N3O/c1-3-12-4-5-13(17-12)8-15-11(2)9-16-7-6-14-10-16/h4-7,10-11,15H,3,8-9H2,1-2H3. The van der Waals surface area contributed by atoms with E-state index in [2.05, 4.69) is 28.7 Å². The minimum absolute atomic E-state index is 0.388. The number of aromatic nitrogens is 2. The van der Waals surface area contributed by atoms with Gasteiger partial charge in [0.25, 0.3) is 0 Å². The molecule has 0 aliphatic heterocycles. The fraction of sp³-hybridized carbons (Fsp3) is 0.462. The van der Waals surface area contributed by atoms with Gasteiger partial charge in [-0.3, -0.25) is 0 Å². The third-order valence-electron chi connectivity index (χ3n) is 2.73. The van der Waals surface area contributed by atoms with E-state index in [1.807, 2.05) is 24.7 Å². The summed E-state index contributed by atoms with van der Waals surface area (Å²) in [5.74, 6) is 2.04. The molecule has 2 heterocycles. The zero-order valence-corrected chi connectivity index (χ0v) is 10.4. The maximum atomic E-state index is 5.64. The molecule has 0 saturated heterocycles. The summed E-state index contributed by atoms with van der Waals surface area (Å²) in [7, 11) is 0. The fourth-order valence-electron chi connectivity index (χ4n) is 1.76. The van der Waals surface area contributed by atoms with Gasteiger partial charge in [-0.2, -0.15) is 0 Å². The van der Waals surface area contributed by atoms with Gasteiger partial charge in [0.1, 0.15) is 11.5 Å². The van der Waals surface area contributed by atoms with Crippen molar-refractivity contribution in [3.05, 3.63) is 42.4 Å². The normalized spacial score (nSPS) is 12.8. The van der Waals surface area contributed by atoms with E-state index >= 15 is 0 Å². The van der Waals surface area contributed by atoms with E-state index < -0.39 is 0 Å². The maximum Gasteiger partial charge on any atom is 0.117 e. The number of nitrogens with zero attached hydrogens (tertiary/aromatic N) is 2. The molecule has 92 valence electrons. The second-order valence-electron chi connectivity index (χ2n) is 4.26. The first kappa shape index (κ1) is 11.9. The number of rotatable bonds is 6. The van der Waals surface area contributed by atoms with Gasteiger partial charge in [0, 0.05) is 31.4 Å². The van der Waals surface area contributed by atoms with Crippen molar-refractivity contribution >= 4 is 0 Å². The van der Waals surface area contributed by atoms with E-state index in [-0.39, 0.29) is 0 Å². The van der Waals surface area contributed by atoms with Crippen LogP contribution in [0.25, 0.3) is 0 Å². The molecular weight excluding hydrogens is 214 g/mol. The molecule has 17 heavy (non-hydrogen) atoms. The lowest BCUT2D eigenvalue weighted by atomic mass is 10.3. The number of nitrogens with one attached hydrogen (secondary N) is 1. The minimum Gasteiger partial charge on any atom is -0.465 e. The lowest BCUT2D eigenvalue weighted by molar-refractivity contribution is 0.413. The van der Waals surface area contributed by atoms with Crippen LogP contribution < -0.4 is 5.32 Å². The highest BCUT2D eigenvalue weighted by Gasteiger charge is 2.04. The smallest absolute Gasteiger partial charge is 0.117 e. The summed E-state index contributed by atoms with van der Waals surface area (Å²) in [6, 6.07) is 4.47. The lowest BCUT2D eigenvalue weighted by Gasteiger charge is -2.13. The molecule has 1 atom stereocenters. The van der Waals surface area contributed by atoms with Crippen LogP contribution in [-0.2, 0) is 19.5 Å². The molecule has 0 amide bonds. The first-order valence-electron chi connectivity index (χ1n) is 6.04. The highest BCUT2D eigenvalue weighted by atomic mass is 16.3. The summed E-state index contributed by atoms with van der Waals surface area (Å²) < 4.78 is 7.70. The SMILES string of the molecule is CCc1ccc(CNC(C)Cn2ccnc2)o1. The first-order valence-corrected chi connectivity index (χ1v) is 6.04. The third kappa shape index (κ3) is 3.46. The Morgan fingerprint density at radius 1 is 1.41 bits per heavy atom. The fourth-order valence-corrected chi connectivity index (χ4v) is 1.76. The summed E-state index contributed by atoms with van der Waals surface area (Å²) in [4.78, 5) is 4.02. The quantitative estimate of drug-likeness (QED) is 0.832. The van der Waals surface area contributed by atoms with Gasteiger partial charge in [-0.25, -0.2) is 4.98 Å². The number of hydrogen-bond donors (Lipinski definition) is 1.